The van der Waals surface area contributed by atoms with Crippen LogP contribution in [-0.4, -0.2) is 28.4 Å². The molecule has 78 valence electrons. The molecule has 1 aliphatic carbocycles. The van der Waals surface area contributed by atoms with Crippen molar-refractivity contribution in [3.05, 3.63) is 23.8 Å². The van der Waals surface area contributed by atoms with Crippen LogP contribution in [0.3, 0.4) is 0 Å². The summed E-state index contributed by atoms with van der Waals surface area (Å²) in [5, 5.41) is 8.34. The molecule has 5 nitrogen and oxygen atoms in total. The minimum atomic E-state index is -1.12. The zero-order chi connectivity index (χ0) is 11.4. The molecule has 0 unspecified atom stereocenters. The third kappa shape index (κ3) is 2.98. The highest BCUT2D eigenvalue weighted by Gasteiger charge is 2.20. The molecular formula is C10H8O5. The summed E-state index contributed by atoms with van der Waals surface area (Å²) in [6.45, 7) is 0. The summed E-state index contributed by atoms with van der Waals surface area (Å²) in [6.07, 6.45) is 2.40. The van der Waals surface area contributed by atoms with Gasteiger partial charge in [0.05, 0.1) is 12.0 Å². The van der Waals surface area contributed by atoms with Crippen molar-refractivity contribution in [3.63, 3.8) is 0 Å². The van der Waals surface area contributed by atoms with Gasteiger partial charge < -0.3 is 5.11 Å². The fourth-order valence-electron chi connectivity index (χ4n) is 1.08. The molecule has 0 atom stereocenters. The highest BCUT2D eigenvalue weighted by Crippen LogP contribution is 2.09. The van der Waals surface area contributed by atoms with Gasteiger partial charge >= 0.3 is 5.97 Å². The van der Waals surface area contributed by atoms with E-state index in [1.54, 1.807) is 0 Å². The molecule has 1 N–H and O–H groups in total. The van der Waals surface area contributed by atoms with Gasteiger partial charge in [0.25, 0.3) is 0 Å². The van der Waals surface area contributed by atoms with E-state index in [9.17, 15) is 19.2 Å². The van der Waals surface area contributed by atoms with Crippen LogP contribution in [0.2, 0.25) is 0 Å². The Labute approximate surface area is 85.1 Å². The summed E-state index contributed by atoms with van der Waals surface area (Å²) >= 11 is 0. The van der Waals surface area contributed by atoms with Crippen LogP contribution in [0.15, 0.2) is 23.8 Å². The SMILES string of the molecule is O=C1C=CC(=O)C(C(=O)CCC(=O)O)=C1. The number of hydrogen-bond acceptors (Lipinski definition) is 4. The maximum atomic E-state index is 11.3. The number of aliphatic carboxylic acids is 1. The number of rotatable bonds is 4. The highest BCUT2D eigenvalue weighted by molar-refractivity contribution is 6.30. The first kappa shape index (κ1) is 11.0. The molecule has 0 amide bonds. The summed E-state index contributed by atoms with van der Waals surface area (Å²) in [4.78, 5) is 43.5. The van der Waals surface area contributed by atoms with E-state index >= 15 is 0 Å². The predicted octanol–water partition coefficient (Wildman–Crippen LogP) is 0.0547. The largest absolute Gasteiger partial charge is 0.481 e. The van der Waals surface area contributed by atoms with Gasteiger partial charge in [0.2, 0.25) is 0 Å². The van der Waals surface area contributed by atoms with Crippen LogP contribution in [-0.2, 0) is 19.2 Å². The zero-order valence-corrected chi connectivity index (χ0v) is 7.73. The maximum Gasteiger partial charge on any atom is 0.303 e. The molecule has 0 aromatic heterocycles. The van der Waals surface area contributed by atoms with Crippen molar-refractivity contribution in [1.82, 2.24) is 0 Å². The van der Waals surface area contributed by atoms with Gasteiger partial charge in [0, 0.05) is 12.5 Å². The van der Waals surface area contributed by atoms with Gasteiger partial charge in [-0.25, -0.2) is 0 Å². The van der Waals surface area contributed by atoms with Crippen molar-refractivity contribution >= 4 is 23.3 Å². The molecule has 0 aromatic carbocycles. The molecule has 0 radical (unpaired) electrons. The van der Waals surface area contributed by atoms with Gasteiger partial charge in [-0.3, -0.25) is 19.2 Å². The molecule has 0 spiro atoms. The van der Waals surface area contributed by atoms with E-state index in [0.29, 0.717) is 0 Å². The summed E-state index contributed by atoms with van der Waals surface area (Å²) in [6, 6.07) is 0. The first-order valence-electron chi connectivity index (χ1n) is 4.24. The Morgan fingerprint density at radius 2 is 1.80 bits per heavy atom. The Kier molecular flexibility index (Phi) is 3.28. The summed E-state index contributed by atoms with van der Waals surface area (Å²) < 4.78 is 0. The molecule has 0 saturated carbocycles. The number of carbonyl (C=O) groups excluding carboxylic acids is 3. The smallest absolute Gasteiger partial charge is 0.303 e. The van der Waals surface area contributed by atoms with E-state index in [0.717, 1.165) is 18.2 Å². The van der Waals surface area contributed by atoms with Gasteiger partial charge in [-0.2, -0.15) is 0 Å². The number of carbonyl (C=O) groups is 4. The van der Waals surface area contributed by atoms with Crippen molar-refractivity contribution in [1.29, 1.82) is 0 Å². The minimum Gasteiger partial charge on any atom is -0.481 e. The molecule has 0 heterocycles. The molecule has 1 aliphatic rings. The number of Topliss-reactive ketones (excluding diaryl/α,β-unsaturated/α-hetero) is 1. The average molecular weight is 208 g/mol. The Balaban J connectivity index is 2.71. The van der Waals surface area contributed by atoms with Crippen LogP contribution in [0, 0.1) is 0 Å². The molecular weight excluding hydrogens is 200 g/mol. The lowest BCUT2D eigenvalue weighted by molar-refractivity contribution is -0.138. The van der Waals surface area contributed by atoms with Gasteiger partial charge in [-0.15, -0.1) is 0 Å². The van der Waals surface area contributed by atoms with E-state index in [-0.39, 0.29) is 18.4 Å². The molecule has 0 aliphatic heterocycles. The number of allylic oxidation sites excluding steroid dienone is 4. The molecule has 1 rings (SSSR count). The fraction of sp³-hybridized carbons (Fsp3) is 0.200. The van der Waals surface area contributed by atoms with Crippen molar-refractivity contribution in [2.24, 2.45) is 0 Å². The molecule has 0 saturated heterocycles. The highest BCUT2D eigenvalue weighted by atomic mass is 16.4. The standard InChI is InChI=1S/C10H8O5/c11-6-1-2-8(12)7(5-6)9(13)3-4-10(14)15/h1-2,5H,3-4H2,(H,14,15). The number of carboxylic acid groups (broad SMARTS) is 1. The van der Waals surface area contributed by atoms with Crippen LogP contribution in [0.25, 0.3) is 0 Å². The van der Waals surface area contributed by atoms with Crippen molar-refractivity contribution in [3.8, 4) is 0 Å². The monoisotopic (exact) mass is 208 g/mol. The van der Waals surface area contributed by atoms with E-state index < -0.39 is 23.3 Å². The van der Waals surface area contributed by atoms with Crippen LogP contribution < -0.4 is 0 Å². The van der Waals surface area contributed by atoms with E-state index in [1.807, 2.05) is 0 Å². The average Bonchev–Trinajstić information content (AvgIpc) is 2.18. The predicted molar refractivity (Wildman–Crippen MR) is 49.1 cm³/mol. The second kappa shape index (κ2) is 4.45. The molecule has 15 heavy (non-hydrogen) atoms. The lowest BCUT2D eigenvalue weighted by Gasteiger charge is -2.04. The first-order chi connectivity index (χ1) is 7.00. The van der Waals surface area contributed by atoms with Gasteiger partial charge in [-0.1, -0.05) is 0 Å². The van der Waals surface area contributed by atoms with Crippen molar-refractivity contribution < 1.29 is 24.3 Å². The van der Waals surface area contributed by atoms with E-state index in [2.05, 4.69) is 0 Å². The van der Waals surface area contributed by atoms with Gasteiger partial charge in [-0.05, 0) is 12.2 Å². The van der Waals surface area contributed by atoms with Gasteiger partial charge in [0.1, 0.15) is 0 Å². The Morgan fingerprint density at radius 3 is 2.40 bits per heavy atom. The zero-order valence-electron chi connectivity index (χ0n) is 7.73. The van der Waals surface area contributed by atoms with Gasteiger partial charge in [0.15, 0.2) is 17.3 Å². The van der Waals surface area contributed by atoms with Crippen LogP contribution >= 0.6 is 0 Å². The molecule has 0 fully saturated rings. The number of hydrogen-bond donors (Lipinski definition) is 1. The number of carboxylic acids is 1. The minimum absolute atomic E-state index is 0.233. The quantitative estimate of drug-likeness (QED) is 0.521. The van der Waals surface area contributed by atoms with E-state index in [1.165, 1.54) is 0 Å². The second-order valence-electron chi connectivity index (χ2n) is 2.97. The van der Waals surface area contributed by atoms with Crippen LogP contribution in [0.5, 0.6) is 0 Å². The number of ketones is 3. The first-order valence-corrected chi connectivity index (χ1v) is 4.24. The summed E-state index contributed by atoms with van der Waals surface area (Å²) in [5.41, 5.74) is -0.233. The third-order valence-corrected chi connectivity index (χ3v) is 1.82. The lowest BCUT2D eigenvalue weighted by atomic mass is 9.97. The molecule has 0 aromatic rings. The molecule has 0 bridgehead atoms. The normalized spacial score (nSPS) is 15.1. The Bertz CT molecular complexity index is 400. The molecule has 5 heteroatoms. The van der Waals surface area contributed by atoms with Crippen LogP contribution in [0.4, 0.5) is 0 Å². The van der Waals surface area contributed by atoms with E-state index in [4.69, 9.17) is 5.11 Å². The Morgan fingerprint density at radius 1 is 1.13 bits per heavy atom. The van der Waals surface area contributed by atoms with Crippen molar-refractivity contribution in [2.75, 3.05) is 0 Å². The summed E-state index contributed by atoms with van der Waals surface area (Å²) in [7, 11) is 0. The third-order valence-electron chi connectivity index (χ3n) is 1.82. The topological polar surface area (TPSA) is 88.5 Å². The Hall–Kier alpha value is -2.04. The fourth-order valence-corrected chi connectivity index (χ4v) is 1.08. The van der Waals surface area contributed by atoms with Crippen LogP contribution in [0.1, 0.15) is 12.8 Å². The lowest BCUT2D eigenvalue weighted by Crippen LogP contribution is -2.16. The van der Waals surface area contributed by atoms with Crippen molar-refractivity contribution in [2.45, 2.75) is 12.8 Å². The summed E-state index contributed by atoms with van der Waals surface area (Å²) in [5.74, 6) is -2.72. The maximum absolute atomic E-state index is 11.3. The second-order valence-corrected chi connectivity index (χ2v) is 2.97.